The van der Waals surface area contributed by atoms with Crippen molar-refractivity contribution < 1.29 is 4.79 Å². The van der Waals surface area contributed by atoms with Gasteiger partial charge in [0, 0.05) is 31.8 Å². The average Bonchev–Trinajstić information content (AvgIpc) is 2.43. The van der Waals surface area contributed by atoms with Crippen LogP contribution in [0.3, 0.4) is 0 Å². The second kappa shape index (κ2) is 7.29. The molecular formula is C16H26N2O. The van der Waals surface area contributed by atoms with Gasteiger partial charge in [-0.15, -0.1) is 0 Å². The molecule has 0 saturated carbocycles. The Bertz CT molecular complexity index is 376. The molecule has 0 bridgehead atoms. The number of nitrogens with zero attached hydrogens (tertiary/aromatic N) is 2. The number of rotatable bonds is 5. The van der Waals surface area contributed by atoms with E-state index in [1.54, 1.807) is 6.08 Å². The smallest absolute Gasteiger partial charge is 0.253 e. The summed E-state index contributed by atoms with van der Waals surface area (Å²) in [4.78, 5) is 16.5. The van der Waals surface area contributed by atoms with Gasteiger partial charge in [-0.3, -0.25) is 4.79 Å². The molecule has 1 aliphatic rings. The van der Waals surface area contributed by atoms with Crippen LogP contribution in [0.15, 0.2) is 36.5 Å². The molecule has 1 saturated heterocycles. The van der Waals surface area contributed by atoms with Crippen LogP contribution >= 0.6 is 0 Å². The minimum absolute atomic E-state index is 0.0764. The summed E-state index contributed by atoms with van der Waals surface area (Å²) in [7, 11) is 2.08. The maximum absolute atomic E-state index is 12.4. The van der Waals surface area contributed by atoms with E-state index < -0.39 is 0 Å². The third kappa shape index (κ3) is 4.35. The third-order valence-corrected chi connectivity index (χ3v) is 3.84. The number of hydrogen-bond donors (Lipinski definition) is 0. The lowest BCUT2D eigenvalue weighted by molar-refractivity contribution is -0.128. The maximum atomic E-state index is 12.4. The standard InChI is InChI=1S/C16H26N2O/c1-6-13(3)14(4)12-15(7-2)16(19)18-10-8-17(5)9-11-18/h7,12-13H,2,4,6,8-11H2,1,3,5H3/b15-12+. The summed E-state index contributed by atoms with van der Waals surface area (Å²) in [5.74, 6) is 0.475. The minimum atomic E-state index is 0.0764. The van der Waals surface area contributed by atoms with E-state index in [1.165, 1.54) is 0 Å². The minimum Gasteiger partial charge on any atom is -0.336 e. The highest BCUT2D eigenvalue weighted by Gasteiger charge is 2.20. The predicted octanol–water partition coefficient (Wildman–Crippen LogP) is 2.48. The molecule has 1 amide bonds. The molecule has 1 aliphatic heterocycles. The Kier molecular flexibility index (Phi) is 6.03. The van der Waals surface area contributed by atoms with Crippen molar-refractivity contribution in [2.75, 3.05) is 33.2 Å². The van der Waals surface area contributed by atoms with Gasteiger partial charge in [-0.25, -0.2) is 0 Å². The van der Waals surface area contributed by atoms with Gasteiger partial charge in [0.2, 0.25) is 0 Å². The van der Waals surface area contributed by atoms with Crippen molar-refractivity contribution in [3.8, 4) is 0 Å². The SMILES string of the molecule is C=C/C(=C\C(=C)C(C)CC)C(=O)N1CCN(C)CC1. The number of carbonyl (C=O) groups is 1. The first-order valence-corrected chi connectivity index (χ1v) is 7.00. The number of allylic oxidation sites excluding steroid dienone is 2. The zero-order valence-electron chi connectivity index (χ0n) is 12.5. The number of carbonyl (C=O) groups excluding carboxylic acids is 1. The van der Waals surface area contributed by atoms with Crippen LogP contribution in [0.4, 0.5) is 0 Å². The molecule has 0 aromatic carbocycles. The fourth-order valence-electron chi connectivity index (χ4n) is 2.00. The van der Waals surface area contributed by atoms with E-state index >= 15 is 0 Å². The number of amides is 1. The molecule has 0 aromatic heterocycles. The van der Waals surface area contributed by atoms with E-state index in [-0.39, 0.29) is 5.91 Å². The molecule has 1 atom stereocenters. The molecule has 0 aromatic rings. The molecule has 0 radical (unpaired) electrons. The fraction of sp³-hybridized carbons (Fsp3) is 0.562. The van der Waals surface area contributed by atoms with E-state index in [2.05, 4.69) is 39.0 Å². The summed E-state index contributed by atoms with van der Waals surface area (Å²) < 4.78 is 0. The Hall–Kier alpha value is -1.35. The van der Waals surface area contributed by atoms with Crippen LogP contribution in [-0.2, 0) is 4.79 Å². The molecule has 19 heavy (non-hydrogen) atoms. The highest BCUT2D eigenvalue weighted by atomic mass is 16.2. The van der Waals surface area contributed by atoms with Crippen molar-refractivity contribution in [3.05, 3.63) is 36.5 Å². The zero-order valence-corrected chi connectivity index (χ0v) is 12.5. The summed E-state index contributed by atoms with van der Waals surface area (Å²) in [5.41, 5.74) is 1.66. The highest BCUT2D eigenvalue weighted by Crippen LogP contribution is 2.17. The molecule has 0 aliphatic carbocycles. The van der Waals surface area contributed by atoms with Gasteiger partial charge in [-0.2, -0.15) is 0 Å². The molecule has 3 nitrogen and oxygen atoms in total. The summed E-state index contributed by atoms with van der Waals surface area (Å²) >= 11 is 0. The molecule has 3 heteroatoms. The molecule has 1 fully saturated rings. The van der Waals surface area contributed by atoms with Crippen molar-refractivity contribution in [2.45, 2.75) is 20.3 Å². The second-order valence-electron chi connectivity index (χ2n) is 5.28. The fourth-order valence-corrected chi connectivity index (χ4v) is 2.00. The van der Waals surface area contributed by atoms with Crippen LogP contribution in [0, 0.1) is 5.92 Å². The lowest BCUT2D eigenvalue weighted by atomic mass is 9.97. The first kappa shape index (κ1) is 15.7. The van der Waals surface area contributed by atoms with E-state index in [0.717, 1.165) is 38.2 Å². The summed E-state index contributed by atoms with van der Waals surface area (Å²) in [5, 5.41) is 0. The van der Waals surface area contributed by atoms with E-state index in [4.69, 9.17) is 0 Å². The maximum Gasteiger partial charge on any atom is 0.253 e. The number of piperazine rings is 1. The van der Waals surface area contributed by atoms with Gasteiger partial charge in [-0.1, -0.05) is 38.7 Å². The van der Waals surface area contributed by atoms with Crippen molar-refractivity contribution in [3.63, 3.8) is 0 Å². The first-order valence-electron chi connectivity index (χ1n) is 7.00. The number of likely N-dealkylation sites (N-methyl/N-ethyl adjacent to an activating group) is 1. The average molecular weight is 262 g/mol. The van der Waals surface area contributed by atoms with Gasteiger partial charge in [-0.05, 0) is 25.5 Å². The summed E-state index contributed by atoms with van der Waals surface area (Å²) in [6.45, 7) is 15.5. The van der Waals surface area contributed by atoms with Crippen LogP contribution in [-0.4, -0.2) is 48.9 Å². The van der Waals surface area contributed by atoms with Crippen molar-refractivity contribution in [1.82, 2.24) is 9.80 Å². The van der Waals surface area contributed by atoms with E-state index in [0.29, 0.717) is 11.5 Å². The lowest BCUT2D eigenvalue weighted by Gasteiger charge is -2.32. The molecule has 0 spiro atoms. The van der Waals surface area contributed by atoms with Crippen LogP contribution in [0.25, 0.3) is 0 Å². The van der Waals surface area contributed by atoms with Crippen LogP contribution < -0.4 is 0 Å². The summed E-state index contributed by atoms with van der Waals surface area (Å²) in [6, 6.07) is 0. The van der Waals surface area contributed by atoms with Crippen LogP contribution in [0.1, 0.15) is 20.3 Å². The molecule has 0 N–H and O–H groups in total. The Morgan fingerprint density at radius 2 is 1.89 bits per heavy atom. The molecule has 1 heterocycles. The lowest BCUT2D eigenvalue weighted by Crippen LogP contribution is -2.47. The van der Waals surface area contributed by atoms with Gasteiger partial charge in [0.1, 0.15) is 0 Å². The van der Waals surface area contributed by atoms with Crippen LogP contribution in [0.5, 0.6) is 0 Å². The second-order valence-corrected chi connectivity index (χ2v) is 5.28. The summed E-state index contributed by atoms with van der Waals surface area (Å²) in [6.07, 6.45) is 4.57. The third-order valence-electron chi connectivity index (χ3n) is 3.84. The van der Waals surface area contributed by atoms with Crippen LogP contribution in [0.2, 0.25) is 0 Å². The Balaban J connectivity index is 2.74. The molecule has 1 unspecified atom stereocenters. The molecule has 106 valence electrons. The van der Waals surface area contributed by atoms with Gasteiger partial charge in [0.25, 0.3) is 5.91 Å². The Labute approximate surface area is 117 Å². The van der Waals surface area contributed by atoms with Gasteiger partial charge < -0.3 is 9.80 Å². The van der Waals surface area contributed by atoms with Gasteiger partial charge in [0.15, 0.2) is 0 Å². The van der Waals surface area contributed by atoms with Crippen molar-refractivity contribution >= 4 is 5.91 Å². The normalized spacial score (nSPS) is 19.1. The van der Waals surface area contributed by atoms with E-state index in [1.807, 2.05) is 11.0 Å². The quantitative estimate of drug-likeness (QED) is 0.561. The topological polar surface area (TPSA) is 23.6 Å². The highest BCUT2D eigenvalue weighted by molar-refractivity contribution is 5.96. The van der Waals surface area contributed by atoms with E-state index in [9.17, 15) is 4.79 Å². The zero-order chi connectivity index (χ0) is 14.4. The largest absolute Gasteiger partial charge is 0.336 e. The monoisotopic (exact) mass is 262 g/mol. The Morgan fingerprint density at radius 3 is 2.37 bits per heavy atom. The first-order chi connectivity index (χ1) is 8.99. The predicted molar refractivity (Wildman–Crippen MR) is 81.0 cm³/mol. The van der Waals surface area contributed by atoms with Crippen molar-refractivity contribution in [1.29, 1.82) is 0 Å². The molecule has 1 rings (SSSR count). The number of hydrogen-bond acceptors (Lipinski definition) is 2. The van der Waals surface area contributed by atoms with Gasteiger partial charge in [0.05, 0.1) is 0 Å². The van der Waals surface area contributed by atoms with Crippen molar-refractivity contribution in [2.24, 2.45) is 5.92 Å². The molecular weight excluding hydrogens is 236 g/mol. The van der Waals surface area contributed by atoms with Gasteiger partial charge >= 0.3 is 0 Å². The Morgan fingerprint density at radius 1 is 1.32 bits per heavy atom.